The number of Topliss-reactive ketones (excluding diaryl/α,β-unsaturated/α-hetero) is 1. The molecule has 0 N–H and O–H groups in total. The van der Waals surface area contributed by atoms with E-state index < -0.39 is 6.10 Å². The van der Waals surface area contributed by atoms with Gasteiger partial charge in [0, 0.05) is 24.2 Å². The van der Waals surface area contributed by atoms with Crippen molar-refractivity contribution >= 4 is 21.7 Å². The minimum Gasteiger partial charge on any atom is -0.485 e. The molecule has 98 valence electrons. The molecule has 1 heterocycles. The molecule has 18 heavy (non-hydrogen) atoms. The van der Waals surface area contributed by atoms with Crippen LogP contribution in [0.15, 0.2) is 22.9 Å². The van der Waals surface area contributed by atoms with Gasteiger partial charge >= 0.3 is 0 Å². The Morgan fingerprint density at radius 2 is 2.28 bits per heavy atom. The van der Waals surface area contributed by atoms with Crippen LogP contribution in [0.1, 0.15) is 6.42 Å². The van der Waals surface area contributed by atoms with Crippen molar-refractivity contribution in [1.29, 1.82) is 0 Å². The Kier molecular flexibility index (Phi) is 4.68. The van der Waals surface area contributed by atoms with Gasteiger partial charge in [-0.25, -0.2) is 0 Å². The van der Waals surface area contributed by atoms with E-state index in [9.17, 15) is 4.79 Å². The first-order chi connectivity index (χ1) is 8.70. The highest BCUT2D eigenvalue weighted by Crippen LogP contribution is 2.26. The summed E-state index contributed by atoms with van der Waals surface area (Å²) in [6.07, 6.45) is 2.94. The summed E-state index contributed by atoms with van der Waals surface area (Å²) in [7, 11) is 1.59. The predicted octanol–water partition coefficient (Wildman–Crippen LogP) is 1.60. The van der Waals surface area contributed by atoms with Crippen LogP contribution in [-0.2, 0) is 14.3 Å². The van der Waals surface area contributed by atoms with Crippen LogP contribution in [0, 0.1) is 0 Å². The Bertz CT molecular complexity index is 426. The summed E-state index contributed by atoms with van der Waals surface area (Å²) in [6.45, 7) is 0.860. The van der Waals surface area contributed by atoms with Gasteiger partial charge in [-0.05, 0) is 22.0 Å². The number of nitrogens with zero attached hydrogens (tertiary/aromatic N) is 1. The standard InChI is InChI=1S/C12H14BrNO4/c1-16-2-3-17-12-10(15)5-11(12)18-9-4-8(13)6-14-7-9/h4,6-7,11-12H,2-3,5H2,1H3. The molecule has 1 aromatic rings. The third-order valence-corrected chi connectivity index (χ3v) is 3.04. The second-order valence-corrected chi connectivity index (χ2v) is 4.87. The third-order valence-electron chi connectivity index (χ3n) is 2.61. The maximum Gasteiger partial charge on any atom is 0.169 e. The normalized spacial score (nSPS) is 22.7. The fourth-order valence-electron chi connectivity index (χ4n) is 1.66. The van der Waals surface area contributed by atoms with Gasteiger partial charge in [0.2, 0.25) is 0 Å². The summed E-state index contributed by atoms with van der Waals surface area (Å²) in [5, 5.41) is 0. The SMILES string of the molecule is COCCOC1C(=O)CC1Oc1cncc(Br)c1. The number of hydrogen-bond acceptors (Lipinski definition) is 5. The average molecular weight is 316 g/mol. The molecule has 1 aromatic heterocycles. The second-order valence-electron chi connectivity index (χ2n) is 3.95. The third kappa shape index (κ3) is 3.28. The quantitative estimate of drug-likeness (QED) is 0.746. The molecule has 0 amide bonds. The monoisotopic (exact) mass is 315 g/mol. The summed E-state index contributed by atoms with van der Waals surface area (Å²) in [6, 6.07) is 1.81. The largest absolute Gasteiger partial charge is 0.485 e. The maximum atomic E-state index is 11.4. The molecular weight excluding hydrogens is 302 g/mol. The molecule has 6 heteroatoms. The zero-order valence-corrected chi connectivity index (χ0v) is 11.6. The number of ether oxygens (including phenoxy) is 3. The fourth-order valence-corrected chi connectivity index (χ4v) is 2.01. The van der Waals surface area contributed by atoms with E-state index in [-0.39, 0.29) is 11.9 Å². The topological polar surface area (TPSA) is 57.7 Å². The molecular formula is C12H14BrNO4. The van der Waals surface area contributed by atoms with Crippen LogP contribution >= 0.6 is 15.9 Å². The molecule has 2 unspecified atom stereocenters. The van der Waals surface area contributed by atoms with Crippen molar-refractivity contribution in [3.05, 3.63) is 22.9 Å². The Labute approximate surface area is 114 Å². The van der Waals surface area contributed by atoms with Crippen LogP contribution in [0.5, 0.6) is 5.75 Å². The van der Waals surface area contributed by atoms with E-state index in [1.165, 1.54) is 0 Å². The number of pyridine rings is 1. The molecule has 0 aromatic carbocycles. The first kappa shape index (κ1) is 13.5. The maximum absolute atomic E-state index is 11.4. The van der Waals surface area contributed by atoms with E-state index in [4.69, 9.17) is 14.2 Å². The average Bonchev–Trinajstić information content (AvgIpc) is 2.34. The van der Waals surface area contributed by atoms with Crippen molar-refractivity contribution in [1.82, 2.24) is 4.98 Å². The van der Waals surface area contributed by atoms with Gasteiger partial charge in [0.15, 0.2) is 11.9 Å². The van der Waals surface area contributed by atoms with Crippen LogP contribution in [0.4, 0.5) is 0 Å². The highest BCUT2D eigenvalue weighted by Gasteiger charge is 2.42. The number of halogens is 1. The number of ketones is 1. The summed E-state index contributed by atoms with van der Waals surface area (Å²) in [5.41, 5.74) is 0. The van der Waals surface area contributed by atoms with Gasteiger partial charge in [0.25, 0.3) is 0 Å². The first-order valence-electron chi connectivity index (χ1n) is 5.61. The zero-order chi connectivity index (χ0) is 13.0. The summed E-state index contributed by atoms with van der Waals surface area (Å²) >= 11 is 3.31. The second kappa shape index (κ2) is 6.26. The van der Waals surface area contributed by atoms with Crippen LogP contribution in [0.2, 0.25) is 0 Å². The van der Waals surface area contributed by atoms with E-state index in [2.05, 4.69) is 20.9 Å². The van der Waals surface area contributed by atoms with Gasteiger partial charge in [-0.2, -0.15) is 0 Å². The molecule has 1 aliphatic rings. The Hall–Kier alpha value is -0.980. The van der Waals surface area contributed by atoms with E-state index in [1.54, 1.807) is 19.5 Å². The highest BCUT2D eigenvalue weighted by atomic mass is 79.9. The fraction of sp³-hybridized carbons (Fsp3) is 0.500. The molecule has 1 saturated carbocycles. The molecule has 0 saturated heterocycles. The van der Waals surface area contributed by atoms with Gasteiger partial charge in [0.05, 0.1) is 19.4 Å². The molecule has 1 fully saturated rings. The van der Waals surface area contributed by atoms with E-state index in [0.29, 0.717) is 25.4 Å². The molecule has 5 nitrogen and oxygen atoms in total. The van der Waals surface area contributed by atoms with Crippen molar-refractivity contribution in [3.8, 4) is 5.75 Å². The van der Waals surface area contributed by atoms with E-state index in [1.807, 2.05) is 6.07 Å². The number of carbonyl (C=O) groups excluding carboxylic acids is 1. The van der Waals surface area contributed by atoms with Gasteiger partial charge < -0.3 is 14.2 Å². The van der Waals surface area contributed by atoms with Gasteiger partial charge in [-0.1, -0.05) is 0 Å². The van der Waals surface area contributed by atoms with Crippen molar-refractivity contribution in [2.45, 2.75) is 18.6 Å². The molecule has 1 aliphatic carbocycles. The number of rotatable bonds is 6. The Morgan fingerprint density at radius 1 is 1.44 bits per heavy atom. The van der Waals surface area contributed by atoms with Gasteiger partial charge in [0.1, 0.15) is 11.9 Å². The Balaban J connectivity index is 1.87. The van der Waals surface area contributed by atoms with Crippen molar-refractivity contribution in [2.75, 3.05) is 20.3 Å². The molecule has 2 rings (SSSR count). The summed E-state index contributed by atoms with van der Waals surface area (Å²) in [4.78, 5) is 15.4. The zero-order valence-electron chi connectivity index (χ0n) is 9.97. The predicted molar refractivity (Wildman–Crippen MR) is 67.6 cm³/mol. The van der Waals surface area contributed by atoms with Crippen LogP contribution in [0.3, 0.4) is 0 Å². The summed E-state index contributed by atoms with van der Waals surface area (Å²) < 4.78 is 16.8. The van der Waals surface area contributed by atoms with Crippen molar-refractivity contribution < 1.29 is 19.0 Å². The van der Waals surface area contributed by atoms with Crippen LogP contribution < -0.4 is 4.74 Å². The van der Waals surface area contributed by atoms with E-state index in [0.717, 1.165) is 4.47 Å². The minimum absolute atomic E-state index is 0.0686. The molecule has 0 radical (unpaired) electrons. The first-order valence-corrected chi connectivity index (χ1v) is 6.40. The van der Waals surface area contributed by atoms with Crippen molar-refractivity contribution in [3.63, 3.8) is 0 Å². The number of aromatic nitrogens is 1. The minimum atomic E-state index is -0.487. The van der Waals surface area contributed by atoms with Gasteiger partial charge in [-0.3, -0.25) is 9.78 Å². The number of carbonyl (C=O) groups is 1. The van der Waals surface area contributed by atoms with Crippen LogP contribution in [0.25, 0.3) is 0 Å². The van der Waals surface area contributed by atoms with Crippen LogP contribution in [-0.4, -0.2) is 43.3 Å². The summed E-state index contributed by atoms with van der Waals surface area (Å²) in [5.74, 6) is 0.696. The highest BCUT2D eigenvalue weighted by molar-refractivity contribution is 9.10. The lowest BCUT2D eigenvalue weighted by Crippen LogP contribution is -2.52. The van der Waals surface area contributed by atoms with Crippen molar-refractivity contribution in [2.24, 2.45) is 0 Å². The lowest BCUT2D eigenvalue weighted by molar-refractivity contribution is -0.156. The van der Waals surface area contributed by atoms with E-state index >= 15 is 0 Å². The smallest absolute Gasteiger partial charge is 0.169 e. The molecule has 0 aliphatic heterocycles. The lowest BCUT2D eigenvalue weighted by Gasteiger charge is -2.34. The number of hydrogen-bond donors (Lipinski definition) is 0. The molecule has 0 bridgehead atoms. The number of methoxy groups -OCH3 is 1. The van der Waals surface area contributed by atoms with Gasteiger partial charge in [-0.15, -0.1) is 0 Å². The molecule has 2 atom stereocenters. The molecule has 0 spiro atoms. The Morgan fingerprint density at radius 3 is 2.94 bits per heavy atom. The lowest BCUT2D eigenvalue weighted by atomic mass is 9.90.